The van der Waals surface area contributed by atoms with E-state index in [9.17, 15) is 18.0 Å². The fourth-order valence-corrected chi connectivity index (χ4v) is 4.05. The van der Waals surface area contributed by atoms with E-state index < -0.39 is 11.7 Å². The van der Waals surface area contributed by atoms with Crippen molar-refractivity contribution in [3.63, 3.8) is 0 Å². The van der Waals surface area contributed by atoms with Crippen LogP contribution in [0.2, 0.25) is 10.0 Å². The molecular formula is C20H18Cl2F3N5O. The fraction of sp³-hybridized carbons (Fsp3) is 0.350. The van der Waals surface area contributed by atoms with Gasteiger partial charge in [0.1, 0.15) is 11.5 Å². The van der Waals surface area contributed by atoms with Crippen molar-refractivity contribution in [2.75, 3.05) is 18.0 Å². The second-order valence-corrected chi connectivity index (χ2v) is 8.19. The molecule has 1 aliphatic heterocycles. The van der Waals surface area contributed by atoms with Crippen molar-refractivity contribution in [1.82, 2.24) is 19.7 Å². The molecule has 6 nitrogen and oxygen atoms in total. The largest absolute Gasteiger partial charge is 0.417 e. The number of amides is 1. The summed E-state index contributed by atoms with van der Waals surface area (Å²) in [6, 6.07) is 4.42. The van der Waals surface area contributed by atoms with Crippen LogP contribution < -0.4 is 10.2 Å². The molecule has 3 aromatic heterocycles. The number of pyridine rings is 2. The minimum absolute atomic E-state index is 0.0512. The second-order valence-electron chi connectivity index (χ2n) is 7.35. The normalized spacial score (nSPS) is 15.5. The Balaban J connectivity index is 1.32. The van der Waals surface area contributed by atoms with Gasteiger partial charge in [-0.3, -0.25) is 4.79 Å². The highest BCUT2D eigenvalue weighted by Gasteiger charge is 2.33. The van der Waals surface area contributed by atoms with Crippen LogP contribution in [0.3, 0.4) is 0 Å². The third-order valence-electron chi connectivity index (χ3n) is 5.22. The van der Waals surface area contributed by atoms with E-state index in [0.29, 0.717) is 49.0 Å². The number of carbonyl (C=O) groups excluding carboxylic acids is 1. The predicted molar refractivity (Wildman–Crippen MR) is 111 cm³/mol. The number of anilines is 1. The zero-order valence-corrected chi connectivity index (χ0v) is 17.7. The van der Waals surface area contributed by atoms with E-state index in [1.54, 1.807) is 27.6 Å². The number of aromatic nitrogens is 3. The minimum atomic E-state index is -4.49. The zero-order valence-electron chi connectivity index (χ0n) is 16.2. The maximum absolute atomic E-state index is 12.8. The van der Waals surface area contributed by atoms with Crippen LogP contribution in [-0.2, 0) is 17.5 Å². The summed E-state index contributed by atoms with van der Waals surface area (Å²) < 4.78 is 40.2. The Morgan fingerprint density at radius 1 is 1.19 bits per heavy atom. The fourth-order valence-electron chi connectivity index (χ4n) is 3.60. The van der Waals surface area contributed by atoms with Gasteiger partial charge in [-0.15, -0.1) is 0 Å². The van der Waals surface area contributed by atoms with Gasteiger partial charge in [-0.2, -0.15) is 13.2 Å². The lowest BCUT2D eigenvalue weighted by atomic mass is 9.96. The van der Waals surface area contributed by atoms with Crippen LogP contribution in [0.15, 0.2) is 36.8 Å². The highest BCUT2D eigenvalue weighted by Crippen LogP contribution is 2.34. The number of nitrogens with zero attached hydrogens (tertiary/aromatic N) is 4. The third-order valence-corrected chi connectivity index (χ3v) is 5.72. The van der Waals surface area contributed by atoms with E-state index in [1.165, 1.54) is 0 Å². The first-order chi connectivity index (χ1) is 14.7. The van der Waals surface area contributed by atoms with Gasteiger partial charge in [-0.1, -0.05) is 23.2 Å². The Bertz CT molecular complexity index is 1110. The van der Waals surface area contributed by atoms with Crippen LogP contribution in [0.25, 0.3) is 5.65 Å². The van der Waals surface area contributed by atoms with Crippen molar-refractivity contribution in [3.8, 4) is 0 Å². The molecule has 0 unspecified atom stereocenters. The molecular weight excluding hydrogens is 454 g/mol. The predicted octanol–water partition coefficient (Wildman–Crippen LogP) is 4.59. The number of hydrogen-bond acceptors (Lipinski definition) is 4. The van der Waals surface area contributed by atoms with Crippen molar-refractivity contribution < 1.29 is 18.0 Å². The van der Waals surface area contributed by atoms with Crippen molar-refractivity contribution in [2.45, 2.75) is 25.6 Å². The van der Waals surface area contributed by atoms with Gasteiger partial charge in [-0.25, -0.2) is 9.97 Å². The van der Waals surface area contributed by atoms with Crippen molar-refractivity contribution >= 4 is 40.6 Å². The van der Waals surface area contributed by atoms with E-state index in [1.807, 2.05) is 6.20 Å². The lowest BCUT2D eigenvalue weighted by molar-refractivity contribution is -0.137. The number of piperidine rings is 1. The minimum Gasteiger partial charge on any atom is -0.355 e. The number of fused-ring (bicyclic) bond motifs is 1. The summed E-state index contributed by atoms with van der Waals surface area (Å²) in [6.07, 6.45) is 0.931. The Kier molecular flexibility index (Phi) is 5.98. The Morgan fingerprint density at radius 2 is 1.94 bits per heavy atom. The van der Waals surface area contributed by atoms with Crippen LogP contribution in [-0.4, -0.2) is 33.4 Å². The van der Waals surface area contributed by atoms with Crippen LogP contribution in [0, 0.1) is 5.92 Å². The first-order valence-corrected chi connectivity index (χ1v) is 10.3. The molecule has 1 saturated heterocycles. The van der Waals surface area contributed by atoms with Crippen molar-refractivity contribution in [3.05, 3.63) is 58.1 Å². The van der Waals surface area contributed by atoms with Crippen LogP contribution in [0.5, 0.6) is 0 Å². The smallest absolute Gasteiger partial charge is 0.355 e. The number of hydrogen-bond donors (Lipinski definition) is 1. The molecule has 0 aliphatic carbocycles. The average Bonchev–Trinajstić information content (AvgIpc) is 3.13. The summed E-state index contributed by atoms with van der Waals surface area (Å²) >= 11 is 12.0. The molecule has 0 spiro atoms. The van der Waals surface area contributed by atoms with Gasteiger partial charge in [0.2, 0.25) is 5.91 Å². The van der Waals surface area contributed by atoms with Gasteiger partial charge >= 0.3 is 6.18 Å². The molecule has 3 aromatic rings. The maximum Gasteiger partial charge on any atom is 0.417 e. The molecule has 4 rings (SSSR count). The topological polar surface area (TPSA) is 62.5 Å². The van der Waals surface area contributed by atoms with E-state index in [0.717, 1.165) is 17.9 Å². The molecule has 0 saturated carbocycles. The van der Waals surface area contributed by atoms with Crippen LogP contribution in [0.1, 0.15) is 24.1 Å². The molecule has 4 heterocycles. The molecule has 1 aliphatic rings. The molecule has 0 aromatic carbocycles. The second kappa shape index (κ2) is 8.55. The monoisotopic (exact) mass is 471 g/mol. The summed E-state index contributed by atoms with van der Waals surface area (Å²) in [6.45, 7) is 1.25. The molecule has 0 radical (unpaired) electrons. The average molecular weight is 472 g/mol. The van der Waals surface area contributed by atoms with Gasteiger partial charge < -0.3 is 14.6 Å². The van der Waals surface area contributed by atoms with Crippen LogP contribution >= 0.6 is 23.2 Å². The molecule has 1 fully saturated rings. The van der Waals surface area contributed by atoms with Gasteiger partial charge in [0.15, 0.2) is 0 Å². The first kappa shape index (κ1) is 21.7. The highest BCUT2D eigenvalue weighted by molar-refractivity contribution is 6.33. The van der Waals surface area contributed by atoms with Crippen LogP contribution in [0.4, 0.5) is 19.0 Å². The molecule has 0 bridgehead atoms. The molecule has 1 N–H and O–H groups in total. The van der Waals surface area contributed by atoms with E-state index >= 15 is 0 Å². The van der Waals surface area contributed by atoms with Crippen molar-refractivity contribution in [2.24, 2.45) is 5.92 Å². The van der Waals surface area contributed by atoms with Gasteiger partial charge in [0.25, 0.3) is 0 Å². The number of nitrogens with one attached hydrogen (secondary N) is 1. The molecule has 0 atom stereocenters. The standard InChI is InChI=1S/C20H18Cl2F3N5O/c21-14-1-2-17-28-15(11-30(17)10-14)9-27-19(31)12-3-5-29(6-4-12)18-16(22)7-13(8-26-18)20(23,24)25/h1-2,7-8,10-12H,3-6,9H2,(H,27,31). The SMILES string of the molecule is O=C(NCc1cn2cc(Cl)ccc2n1)C1CCN(c2ncc(C(F)(F)F)cc2Cl)CC1. The number of imidazole rings is 1. The molecule has 164 valence electrons. The lowest BCUT2D eigenvalue weighted by Crippen LogP contribution is -2.40. The summed E-state index contributed by atoms with van der Waals surface area (Å²) in [5.41, 5.74) is 0.571. The molecule has 1 amide bonds. The first-order valence-electron chi connectivity index (χ1n) is 9.59. The summed E-state index contributed by atoms with van der Waals surface area (Å²) in [5.74, 6) is 0.0223. The van der Waals surface area contributed by atoms with Gasteiger partial charge in [0.05, 0.1) is 27.8 Å². The number of rotatable bonds is 4. The highest BCUT2D eigenvalue weighted by atomic mass is 35.5. The zero-order chi connectivity index (χ0) is 22.2. The maximum atomic E-state index is 12.8. The quantitative estimate of drug-likeness (QED) is 0.604. The van der Waals surface area contributed by atoms with Gasteiger partial charge in [-0.05, 0) is 31.0 Å². The number of halogens is 5. The number of carbonyl (C=O) groups is 1. The summed E-state index contributed by atoms with van der Waals surface area (Å²) in [5, 5.41) is 3.44. The number of alkyl halides is 3. The van der Waals surface area contributed by atoms with Gasteiger partial charge in [0, 0.05) is 37.6 Å². The lowest BCUT2D eigenvalue weighted by Gasteiger charge is -2.32. The molecule has 31 heavy (non-hydrogen) atoms. The summed E-state index contributed by atoms with van der Waals surface area (Å²) in [4.78, 5) is 22.7. The Labute approximate surface area is 186 Å². The molecule has 11 heteroatoms. The third kappa shape index (κ3) is 4.88. The van der Waals surface area contributed by atoms with E-state index in [2.05, 4.69) is 15.3 Å². The Hall–Kier alpha value is -2.52. The van der Waals surface area contributed by atoms with E-state index in [4.69, 9.17) is 23.2 Å². The summed E-state index contributed by atoms with van der Waals surface area (Å²) in [7, 11) is 0. The van der Waals surface area contributed by atoms with E-state index in [-0.39, 0.29) is 16.8 Å². The van der Waals surface area contributed by atoms with Crippen molar-refractivity contribution in [1.29, 1.82) is 0 Å². The Morgan fingerprint density at radius 3 is 2.61 bits per heavy atom.